The first-order chi connectivity index (χ1) is 13.9. The molecule has 0 saturated heterocycles. The summed E-state index contributed by atoms with van der Waals surface area (Å²) in [4.78, 5) is 12.6. The van der Waals surface area contributed by atoms with E-state index in [1.165, 1.54) is 30.8 Å². The zero-order valence-corrected chi connectivity index (χ0v) is 17.8. The molecule has 1 N–H and O–H groups in total. The Kier molecular flexibility index (Phi) is 7.81. The van der Waals surface area contributed by atoms with Gasteiger partial charge in [-0.15, -0.1) is 0 Å². The molecule has 29 heavy (non-hydrogen) atoms. The molecule has 0 atom stereocenters. The van der Waals surface area contributed by atoms with Gasteiger partial charge in [0.2, 0.25) is 10.0 Å². The Bertz CT molecular complexity index is 965. The Hall–Kier alpha value is -2.84. The van der Waals surface area contributed by atoms with Crippen LogP contribution in [0, 0.1) is 0 Å². The first-order valence-electron chi connectivity index (χ1n) is 9.17. The van der Waals surface area contributed by atoms with Crippen molar-refractivity contribution in [2.24, 2.45) is 0 Å². The minimum atomic E-state index is -3.49. The molecule has 2 aromatic rings. The predicted molar refractivity (Wildman–Crippen MR) is 113 cm³/mol. The average molecular weight is 419 g/mol. The Balaban J connectivity index is 2.06. The van der Waals surface area contributed by atoms with Gasteiger partial charge in [0, 0.05) is 36.6 Å². The lowest BCUT2D eigenvalue weighted by Gasteiger charge is -2.18. The summed E-state index contributed by atoms with van der Waals surface area (Å²) < 4.78 is 36.7. The van der Waals surface area contributed by atoms with Gasteiger partial charge in [0.1, 0.15) is 0 Å². The monoisotopic (exact) mass is 418 g/mol. The van der Waals surface area contributed by atoms with E-state index in [1.54, 1.807) is 56.3 Å². The van der Waals surface area contributed by atoms with Crippen molar-refractivity contribution >= 4 is 21.5 Å². The van der Waals surface area contributed by atoms with Gasteiger partial charge >= 0.3 is 0 Å². The average Bonchev–Trinajstić information content (AvgIpc) is 2.74. The largest absolute Gasteiger partial charge is 0.493 e. The van der Waals surface area contributed by atoms with Crippen LogP contribution >= 0.6 is 0 Å². The van der Waals surface area contributed by atoms with Crippen molar-refractivity contribution in [3.8, 4) is 11.5 Å². The van der Waals surface area contributed by atoms with Crippen LogP contribution in [0.5, 0.6) is 11.5 Å². The number of benzene rings is 2. The second kappa shape index (κ2) is 10.1. The van der Waals surface area contributed by atoms with Crippen LogP contribution in [0.3, 0.4) is 0 Å². The third kappa shape index (κ3) is 5.36. The molecular formula is C21H26N2O5S. The van der Waals surface area contributed by atoms with Crippen LogP contribution in [-0.2, 0) is 10.0 Å². The van der Waals surface area contributed by atoms with E-state index in [2.05, 4.69) is 5.32 Å². The van der Waals surface area contributed by atoms with Gasteiger partial charge in [0.15, 0.2) is 17.3 Å². The first-order valence-corrected chi connectivity index (χ1v) is 10.6. The van der Waals surface area contributed by atoms with Gasteiger partial charge in [-0.25, -0.2) is 8.42 Å². The fraction of sp³-hybridized carbons (Fsp3) is 0.286. The Morgan fingerprint density at radius 3 is 2.17 bits per heavy atom. The SMILES string of the molecule is CCN(CC)S(=O)(=O)c1ccc(N/C=C/C(=O)c2ccc(OC)c(OC)c2)cc1. The molecule has 2 aromatic carbocycles. The Morgan fingerprint density at radius 2 is 1.62 bits per heavy atom. The van der Waals surface area contributed by atoms with Crippen LogP contribution in [0.25, 0.3) is 0 Å². The fourth-order valence-electron chi connectivity index (χ4n) is 2.74. The number of anilines is 1. The Morgan fingerprint density at radius 1 is 1.00 bits per heavy atom. The van der Waals surface area contributed by atoms with Crippen molar-refractivity contribution in [3.05, 3.63) is 60.3 Å². The maximum atomic E-state index is 12.5. The highest BCUT2D eigenvalue weighted by atomic mass is 32.2. The molecule has 156 valence electrons. The summed E-state index contributed by atoms with van der Waals surface area (Å²) in [5, 5.41) is 2.97. The van der Waals surface area contributed by atoms with Gasteiger partial charge in [-0.2, -0.15) is 4.31 Å². The van der Waals surface area contributed by atoms with Crippen LogP contribution in [0.2, 0.25) is 0 Å². The zero-order valence-electron chi connectivity index (χ0n) is 17.0. The molecule has 0 heterocycles. The fourth-order valence-corrected chi connectivity index (χ4v) is 4.19. The summed E-state index contributed by atoms with van der Waals surface area (Å²) in [6, 6.07) is 11.3. The van der Waals surface area contributed by atoms with E-state index in [-0.39, 0.29) is 10.7 Å². The number of hydrogen-bond acceptors (Lipinski definition) is 6. The smallest absolute Gasteiger partial charge is 0.243 e. The Labute approximate surface area is 172 Å². The maximum Gasteiger partial charge on any atom is 0.243 e. The third-order valence-corrected chi connectivity index (χ3v) is 6.41. The predicted octanol–water partition coefficient (Wildman–Crippen LogP) is 3.54. The molecule has 8 heteroatoms. The van der Waals surface area contributed by atoms with Crippen LogP contribution in [0.15, 0.2) is 59.6 Å². The van der Waals surface area contributed by atoms with Gasteiger partial charge in [-0.3, -0.25) is 4.79 Å². The minimum Gasteiger partial charge on any atom is -0.493 e. The van der Waals surface area contributed by atoms with Crippen molar-refractivity contribution in [2.75, 3.05) is 32.6 Å². The highest BCUT2D eigenvalue weighted by molar-refractivity contribution is 7.89. The van der Waals surface area contributed by atoms with E-state index in [0.717, 1.165) is 0 Å². The maximum absolute atomic E-state index is 12.5. The molecule has 0 amide bonds. The number of rotatable bonds is 10. The zero-order chi connectivity index (χ0) is 21.4. The number of nitrogens with zero attached hydrogens (tertiary/aromatic N) is 1. The summed E-state index contributed by atoms with van der Waals surface area (Å²) in [5.74, 6) is 0.815. The van der Waals surface area contributed by atoms with Crippen molar-refractivity contribution in [1.29, 1.82) is 0 Å². The lowest BCUT2D eigenvalue weighted by atomic mass is 10.1. The molecule has 2 rings (SSSR count). The molecule has 0 unspecified atom stereocenters. The second-order valence-electron chi connectivity index (χ2n) is 6.03. The molecule has 0 aliphatic carbocycles. The van der Waals surface area contributed by atoms with Crippen LogP contribution < -0.4 is 14.8 Å². The number of hydrogen-bond donors (Lipinski definition) is 1. The highest BCUT2D eigenvalue weighted by Gasteiger charge is 2.21. The van der Waals surface area contributed by atoms with Crippen molar-refractivity contribution in [3.63, 3.8) is 0 Å². The second-order valence-corrected chi connectivity index (χ2v) is 7.96. The summed E-state index contributed by atoms with van der Waals surface area (Å²) >= 11 is 0. The van der Waals surface area contributed by atoms with E-state index in [4.69, 9.17) is 9.47 Å². The van der Waals surface area contributed by atoms with Crippen LogP contribution in [-0.4, -0.2) is 45.8 Å². The lowest BCUT2D eigenvalue weighted by molar-refractivity contribution is 0.104. The van der Waals surface area contributed by atoms with Crippen LogP contribution in [0.1, 0.15) is 24.2 Å². The number of allylic oxidation sites excluding steroid dienone is 1. The van der Waals surface area contributed by atoms with Gasteiger partial charge in [-0.05, 0) is 42.5 Å². The van der Waals surface area contributed by atoms with Crippen LogP contribution in [0.4, 0.5) is 5.69 Å². The summed E-state index contributed by atoms with van der Waals surface area (Å²) in [7, 11) is -0.452. The quantitative estimate of drug-likeness (QED) is 0.469. The van der Waals surface area contributed by atoms with E-state index < -0.39 is 10.0 Å². The number of ether oxygens (including phenoxy) is 2. The highest BCUT2D eigenvalue weighted by Crippen LogP contribution is 2.27. The number of methoxy groups -OCH3 is 2. The number of nitrogens with one attached hydrogen (secondary N) is 1. The first kappa shape index (κ1) is 22.4. The molecule has 7 nitrogen and oxygen atoms in total. The normalized spacial score (nSPS) is 11.6. The third-order valence-electron chi connectivity index (χ3n) is 4.35. The topological polar surface area (TPSA) is 84.9 Å². The van der Waals surface area contributed by atoms with E-state index >= 15 is 0 Å². The minimum absolute atomic E-state index is 0.209. The molecule has 0 saturated carbocycles. The van der Waals surface area contributed by atoms with Gasteiger partial charge in [0.25, 0.3) is 0 Å². The molecule has 0 aliphatic rings. The van der Waals surface area contributed by atoms with E-state index in [0.29, 0.717) is 35.8 Å². The molecular weight excluding hydrogens is 392 g/mol. The molecule has 0 bridgehead atoms. The lowest BCUT2D eigenvalue weighted by Crippen LogP contribution is -2.30. The van der Waals surface area contributed by atoms with E-state index in [9.17, 15) is 13.2 Å². The van der Waals surface area contributed by atoms with Gasteiger partial charge in [-0.1, -0.05) is 13.8 Å². The van der Waals surface area contributed by atoms with E-state index in [1.807, 2.05) is 0 Å². The number of carbonyl (C=O) groups is 1. The number of ketones is 1. The van der Waals surface area contributed by atoms with Gasteiger partial charge < -0.3 is 14.8 Å². The summed E-state index contributed by atoms with van der Waals surface area (Å²) in [6.07, 6.45) is 2.90. The molecule has 0 radical (unpaired) electrons. The molecule has 0 spiro atoms. The number of carbonyl (C=O) groups excluding carboxylic acids is 1. The van der Waals surface area contributed by atoms with Crippen molar-refractivity contribution in [2.45, 2.75) is 18.7 Å². The van der Waals surface area contributed by atoms with Crippen molar-refractivity contribution in [1.82, 2.24) is 4.31 Å². The molecule has 0 fully saturated rings. The summed E-state index contributed by atoms with van der Waals surface area (Å²) in [6.45, 7) is 4.44. The van der Waals surface area contributed by atoms with Crippen molar-refractivity contribution < 1.29 is 22.7 Å². The molecule has 0 aromatic heterocycles. The standard InChI is InChI=1S/C21H26N2O5S/c1-5-23(6-2)29(25,26)18-10-8-17(9-11-18)22-14-13-19(24)16-7-12-20(27-3)21(15-16)28-4/h7-15,22H,5-6H2,1-4H3/b14-13+. The molecule has 0 aliphatic heterocycles. The van der Waals surface area contributed by atoms with Gasteiger partial charge in [0.05, 0.1) is 19.1 Å². The number of sulfonamides is 1. The summed E-state index contributed by atoms with van der Waals surface area (Å²) in [5.41, 5.74) is 1.13.